The monoisotopic (exact) mass is 404 g/mol. The lowest BCUT2D eigenvalue weighted by molar-refractivity contribution is -0.121. The fourth-order valence-electron chi connectivity index (χ4n) is 3.26. The molecule has 0 unspecified atom stereocenters. The first-order valence-corrected chi connectivity index (χ1v) is 9.64. The number of likely N-dealkylation sites (tertiary alicyclic amines) is 1. The number of anilines is 1. The van der Waals surface area contributed by atoms with Crippen LogP contribution in [0.5, 0.6) is 0 Å². The summed E-state index contributed by atoms with van der Waals surface area (Å²) in [5, 5.41) is 7.43. The summed E-state index contributed by atoms with van der Waals surface area (Å²) in [4.78, 5) is 15.1. The van der Waals surface area contributed by atoms with Crippen LogP contribution in [0.4, 0.5) is 5.82 Å². The average molecular weight is 405 g/mol. The first-order chi connectivity index (χ1) is 12.0. The topological polar surface area (TPSA) is 50.2 Å². The third kappa shape index (κ3) is 4.50. The predicted molar refractivity (Wildman–Crippen MR) is 104 cm³/mol. The number of aromatic nitrogens is 2. The predicted octanol–water partition coefficient (Wildman–Crippen LogP) is 3.75. The Morgan fingerprint density at radius 2 is 2.00 bits per heavy atom. The van der Waals surface area contributed by atoms with Crippen LogP contribution in [-0.4, -0.2) is 39.7 Å². The van der Waals surface area contributed by atoms with Gasteiger partial charge in [-0.15, -0.1) is 0 Å². The number of nitrogens with zero attached hydrogens (tertiary/aromatic N) is 3. The maximum Gasteiger partial charge on any atom is 0.228 e. The average Bonchev–Trinajstić information content (AvgIpc) is 3.04. The Hall–Kier alpha value is -1.66. The molecule has 0 spiro atoms. The Labute approximate surface area is 157 Å². The summed E-state index contributed by atoms with van der Waals surface area (Å²) in [5.41, 5.74) is 1.13. The van der Waals surface area contributed by atoms with Crippen LogP contribution in [0.15, 0.2) is 41.0 Å². The molecule has 1 saturated heterocycles. The van der Waals surface area contributed by atoms with E-state index in [-0.39, 0.29) is 11.8 Å². The molecule has 1 aromatic heterocycles. The van der Waals surface area contributed by atoms with Gasteiger partial charge in [-0.3, -0.25) is 4.79 Å². The number of rotatable bonds is 5. The van der Waals surface area contributed by atoms with Gasteiger partial charge in [0.1, 0.15) is 5.82 Å². The van der Waals surface area contributed by atoms with Crippen LogP contribution in [0.1, 0.15) is 32.3 Å². The van der Waals surface area contributed by atoms with Crippen molar-refractivity contribution in [2.75, 3.05) is 18.4 Å². The number of carbonyl (C=O) groups excluding carboxylic acids is 1. The Bertz CT molecular complexity index is 720. The minimum Gasteiger partial charge on any atom is -0.311 e. The summed E-state index contributed by atoms with van der Waals surface area (Å²) < 4.78 is 2.88. The molecule has 0 saturated carbocycles. The van der Waals surface area contributed by atoms with Crippen LogP contribution >= 0.6 is 15.9 Å². The van der Waals surface area contributed by atoms with Gasteiger partial charge in [-0.1, -0.05) is 34.1 Å². The van der Waals surface area contributed by atoms with Gasteiger partial charge in [-0.2, -0.15) is 5.10 Å². The van der Waals surface area contributed by atoms with Gasteiger partial charge in [-0.05, 0) is 51.4 Å². The molecule has 6 heteroatoms. The third-order valence-corrected chi connectivity index (χ3v) is 5.65. The molecule has 134 valence electrons. The zero-order valence-electron chi connectivity index (χ0n) is 14.8. The summed E-state index contributed by atoms with van der Waals surface area (Å²) in [5.74, 6) is 0.950. The summed E-state index contributed by atoms with van der Waals surface area (Å²) in [7, 11) is 0. The normalized spacial score (nSPS) is 16.3. The molecule has 2 aromatic rings. The molecule has 1 aliphatic heterocycles. The first-order valence-electron chi connectivity index (χ1n) is 8.84. The van der Waals surface area contributed by atoms with E-state index in [0.29, 0.717) is 12.6 Å². The fourth-order valence-corrected chi connectivity index (χ4v) is 3.67. The van der Waals surface area contributed by atoms with E-state index in [1.54, 1.807) is 6.20 Å². The maximum absolute atomic E-state index is 12.6. The van der Waals surface area contributed by atoms with E-state index in [4.69, 9.17) is 0 Å². The van der Waals surface area contributed by atoms with E-state index < -0.39 is 0 Å². The molecular weight excluding hydrogens is 380 g/mol. The number of nitrogens with one attached hydrogen (secondary N) is 1. The van der Waals surface area contributed by atoms with Crippen molar-refractivity contribution in [2.45, 2.75) is 39.3 Å². The van der Waals surface area contributed by atoms with Crippen LogP contribution in [-0.2, 0) is 11.3 Å². The molecule has 5 nitrogen and oxygen atoms in total. The van der Waals surface area contributed by atoms with Crippen LogP contribution < -0.4 is 5.32 Å². The van der Waals surface area contributed by atoms with E-state index in [9.17, 15) is 4.79 Å². The van der Waals surface area contributed by atoms with E-state index in [1.807, 2.05) is 28.9 Å². The van der Waals surface area contributed by atoms with Crippen LogP contribution in [0.3, 0.4) is 0 Å². The Balaban J connectivity index is 1.62. The molecule has 0 atom stereocenters. The standard InChI is InChI=1S/C19H25BrN4O/c1-14(2)23-11-8-15(9-12-23)19(25)22-18-7-10-21-24(18)13-16-5-3-4-6-17(16)20/h3-7,10,14-15H,8-9,11-13H2,1-2H3,(H,22,25). The SMILES string of the molecule is CC(C)N1CCC(C(=O)Nc2ccnn2Cc2ccccc2Br)CC1. The fraction of sp³-hybridized carbons (Fsp3) is 0.474. The first kappa shape index (κ1) is 18.1. The zero-order chi connectivity index (χ0) is 17.8. The third-order valence-electron chi connectivity index (χ3n) is 4.88. The number of halogens is 1. The minimum atomic E-state index is 0.0850. The number of carbonyl (C=O) groups is 1. The van der Waals surface area contributed by atoms with Gasteiger partial charge >= 0.3 is 0 Å². The van der Waals surface area contributed by atoms with Crippen LogP contribution in [0.25, 0.3) is 0 Å². The van der Waals surface area contributed by atoms with Crippen molar-refractivity contribution >= 4 is 27.7 Å². The van der Waals surface area contributed by atoms with Crippen molar-refractivity contribution in [2.24, 2.45) is 5.92 Å². The van der Waals surface area contributed by atoms with Crippen molar-refractivity contribution in [3.05, 3.63) is 46.6 Å². The van der Waals surface area contributed by atoms with E-state index in [0.717, 1.165) is 41.8 Å². The van der Waals surface area contributed by atoms with Gasteiger partial charge in [0.05, 0.1) is 12.7 Å². The molecule has 25 heavy (non-hydrogen) atoms. The highest BCUT2D eigenvalue weighted by molar-refractivity contribution is 9.10. The van der Waals surface area contributed by atoms with Crippen molar-refractivity contribution in [1.82, 2.24) is 14.7 Å². The Morgan fingerprint density at radius 3 is 2.68 bits per heavy atom. The number of piperidine rings is 1. The van der Waals surface area contributed by atoms with Gasteiger partial charge in [0, 0.05) is 22.5 Å². The van der Waals surface area contributed by atoms with Gasteiger partial charge < -0.3 is 10.2 Å². The number of amides is 1. The molecular formula is C19H25BrN4O. The molecule has 1 aromatic carbocycles. The minimum absolute atomic E-state index is 0.0850. The highest BCUT2D eigenvalue weighted by Crippen LogP contribution is 2.22. The number of benzene rings is 1. The Morgan fingerprint density at radius 1 is 1.28 bits per heavy atom. The van der Waals surface area contributed by atoms with Gasteiger partial charge in [0.15, 0.2) is 0 Å². The second-order valence-electron chi connectivity index (χ2n) is 6.86. The second kappa shape index (κ2) is 8.15. The molecule has 2 heterocycles. The summed E-state index contributed by atoms with van der Waals surface area (Å²) in [6.07, 6.45) is 3.57. The summed E-state index contributed by atoms with van der Waals surface area (Å²) >= 11 is 3.56. The van der Waals surface area contributed by atoms with Crippen LogP contribution in [0, 0.1) is 5.92 Å². The molecule has 0 bridgehead atoms. The van der Waals surface area contributed by atoms with E-state index in [1.165, 1.54) is 0 Å². The van der Waals surface area contributed by atoms with Gasteiger partial charge in [0.2, 0.25) is 5.91 Å². The lowest BCUT2D eigenvalue weighted by Gasteiger charge is -2.33. The molecule has 1 N–H and O–H groups in total. The van der Waals surface area contributed by atoms with Gasteiger partial charge in [0.25, 0.3) is 0 Å². The molecule has 1 aliphatic rings. The molecule has 3 rings (SSSR count). The van der Waals surface area contributed by atoms with Crippen molar-refractivity contribution in [1.29, 1.82) is 0 Å². The lowest BCUT2D eigenvalue weighted by atomic mass is 9.95. The van der Waals surface area contributed by atoms with E-state index >= 15 is 0 Å². The molecule has 1 fully saturated rings. The Kier molecular flexibility index (Phi) is 5.91. The largest absolute Gasteiger partial charge is 0.311 e. The number of hydrogen-bond acceptors (Lipinski definition) is 3. The van der Waals surface area contributed by atoms with Crippen molar-refractivity contribution < 1.29 is 4.79 Å². The highest BCUT2D eigenvalue weighted by Gasteiger charge is 2.26. The zero-order valence-corrected chi connectivity index (χ0v) is 16.4. The molecule has 0 aliphatic carbocycles. The smallest absolute Gasteiger partial charge is 0.228 e. The van der Waals surface area contributed by atoms with E-state index in [2.05, 4.69) is 51.2 Å². The van der Waals surface area contributed by atoms with Crippen LogP contribution in [0.2, 0.25) is 0 Å². The molecule has 0 radical (unpaired) electrons. The summed E-state index contributed by atoms with van der Waals surface area (Å²) in [6.45, 7) is 7.02. The molecule has 1 amide bonds. The lowest BCUT2D eigenvalue weighted by Crippen LogP contribution is -2.41. The van der Waals surface area contributed by atoms with Crippen molar-refractivity contribution in [3.8, 4) is 0 Å². The van der Waals surface area contributed by atoms with Crippen molar-refractivity contribution in [3.63, 3.8) is 0 Å². The summed E-state index contributed by atoms with van der Waals surface area (Å²) in [6, 6.07) is 10.5. The number of hydrogen-bond donors (Lipinski definition) is 1. The quantitative estimate of drug-likeness (QED) is 0.825. The second-order valence-corrected chi connectivity index (χ2v) is 7.71. The highest BCUT2D eigenvalue weighted by atomic mass is 79.9. The maximum atomic E-state index is 12.6. The van der Waals surface area contributed by atoms with Gasteiger partial charge in [-0.25, -0.2) is 4.68 Å².